The molecular weight excluding hydrogens is 237 g/mol. The van der Waals surface area contributed by atoms with Crippen molar-refractivity contribution in [1.29, 1.82) is 0 Å². The summed E-state index contributed by atoms with van der Waals surface area (Å²) in [5.41, 5.74) is 9.19. The van der Waals surface area contributed by atoms with Gasteiger partial charge >= 0.3 is 0 Å². The Morgan fingerprint density at radius 1 is 1.50 bits per heavy atom. The van der Waals surface area contributed by atoms with E-state index in [0.717, 1.165) is 10.1 Å². The first kappa shape index (κ1) is 7.85. The first-order chi connectivity index (χ1) is 4.75. The van der Waals surface area contributed by atoms with Gasteiger partial charge < -0.3 is 5.73 Å². The van der Waals surface area contributed by atoms with Crippen LogP contribution in [0.1, 0.15) is 11.1 Å². The standard InChI is InChI=1S/C8H10IN/c1-6-3-2-4-8(10)7(6)5-9/h2-4H,5,10H2,1H3. The zero-order valence-electron chi connectivity index (χ0n) is 5.89. The number of hydrogen-bond donors (Lipinski definition) is 1. The van der Waals surface area contributed by atoms with E-state index in [1.165, 1.54) is 11.1 Å². The number of rotatable bonds is 1. The number of anilines is 1. The predicted octanol–water partition coefficient (Wildman–Crippen LogP) is 2.51. The van der Waals surface area contributed by atoms with Gasteiger partial charge in [-0.05, 0) is 24.1 Å². The molecule has 0 heterocycles. The van der Waals surface area contributed by atoms with Crippen molar-refractivity contribution in [3.8, 4) is 0 Å². The first-order valence-electron chi connectivity index (χ1n) is 3.15. The highest BCUT2D eigenvalue weighted by molar-refractivity contribution is 14.1. The molecule has 0 saturated carbocycles. The lowest BCUT2D eigenvalue weighted by Crippen LogP contribution is -1.93. The number of alkyl halides is 1. The molecule has 0 unspecified atom stereocenters. The van der Waals surface area contributed by atoms with Gasteiger partial charge in [0.05, 0.1) is 0 Å². The fourth-order valence-corrected chi connectivity index (χ4v) is 1.95. The van der Waals surface area contributed by atoms with Crippen molar-refractivity contribution in [1.82, 2.24) is 0 Å². The van der Waals surface area contributed by atoms with Crippen molar-refractivity contribution in [2.45, 2.75) is 11.4 Å². The van der Waals surface area contributed by atoms with Crippen LogP contribution < -0.4 is 5.73 Å². The van der Waals surface area contributed by atoms with Gasteiger partial charge in [-0.2, -0.15) is 0 Å². The molecule has 1 aromatic carbocycles. The average Bonchev–Trinajstić information content (AvgIpc) is 1.88. The number of nitrogen functional groups attached to an aromatic ring is 1. The minimum absolute atomic E-state index is 0.911. The monoisotopic (exact) mass is 247 g/mol. The van der Waals surface area contributed by atoms with Crippen LogP contribution in [-0.4, -0.2) is 0 Å². The maximum absolute atomic E-state index is 5.73. The summed E-state index contributed by atoms with van der Waals surface area (Å²) >= 11 is 2.32. The van der Waals surface area contributed by atoms with Gasteiger partial charge in [-0.1, -0.05) is 34.7 Å². The van der Waals surface area contributed by atoms with E-state index in [2.05, 4.69) is 35.6 Å². The Morgan fingerprint density at radius 2 is 2.20 bits per heavy atom. The molecule has 1 rings (SSSR count). The first-order valence-corrected chi connectivity index (χ1v) is 4.68. The molecule has 0 amide bonds. The van der Waals surface area contributed by atoms with Gasteiger partial charge in [-0.25, -0.2) is 0 Å². The predicted molar refractivity (Wildman–Crippen MR) is 53.3 cm³/mol. The van der Waals surface area contributed by atoms with Gasteiger partial charge in [0.25, 0.3) is 0 Å². The van der Waals surface area contributed by atoms with E-state index in [9.17, 15) is 0 Å². The van der Waals surface area contributed by atoms with E-state index in [1.807, 2.05) is 12.1 Å². The number of halogens is 1. The molecule has 0 bridgehead atoms. The van der Waals surface area contributed by atoms with Gasteiger partial charge in [-0.15, -0.1) is 0 Å². The lowest BCUT2D eigenvalue weighted by Gasteiger charge is -2.03. The summed E-state index contributed by atoms with van der Waals surface area (Å²) in [6.07, 6.45) is 0. The third-order valence-electron chi connectivity index (χ3n) is 1.58. The minimum Gasteiger partial charge on any atom is -0.398 e. The van der Waals surface area contributed by atoms with E-state index in [0.29, 0.717) is 0 Å². The van der Waals surface area contributed by atoms with Crippen molar-refractivity contribution in [2.24, 2.45) is 0 Å². The van der Waals surface area contributed by atoms with Crippen molar-refractivity contribution >= 4 is 28.3 Å². The molecular formula is C8H10IN. The average molecular weight is 247 g/mol. The lowest BCUT2D eigenvalue weighted by atomic mass is 10.1. The number of nitrogens with two attached hydrogens (primary N) is 1. The highest BCUT2D eigenvalue weighted by Gasteiger charge is 1.98. The second-order valence-electron chi connectivity index (χ2n) is 2.28. The normalized spacial score (nSPS) is 9.80. The Labute approximate surface area is 74.8 Å². The molecule has 54 valence electrons. The number of hydrogen-bond acceptors (Lipinski definition) is 1. The van der Waals surface area contributed by atoms with E-state index < -0.39 is 0 Å². The lowest BCUT2D eigenvalue weighted by molar-refractivity contribution is 1.34. The summed E-state index contributed by atoms with van der Waals surface area (Å²) in [6, 6.07) is 6.02. The molecule has 2 heteroatoms. The molecule has 0 aliphatic heterocycles. The van der Waals surface area contributed by atoms with Crippen LogP contribution in [0.15, 0.2) is 18.2 Å². The maximum Gasteiger partial charge on any atom is 0.0357 e. The summed E-state index contributed by atoms with van der Waals surface area (Å²) in [6.45, 7) is 2.09. The van der Waals surface area contributed by atoms with Crippen molar-refractivity contribution < 1.29 is 0 Å². The Morgan fingerprint density at radius 3 is 2.60 bits per heavy atom. The molecule has 0 fully saturated rings. The van der Waals surface area contributed by atoms with E-state index in [-0.39, 0.29) is 0 Å². The van der Waals surface area contributed by atoms with Crippen LogP contribution >= 0.6 is 22.6 Å². The summed E-state index contributed by atoms with van der Waals surface area (Å²) in [4.78, 5) is 0. The van der Waals surface area contributed by atoms with Gasteiger partial charge in [0, 0.05) is 10.1 Å². The SMILES string of the molecule is Cc1cccc(N)c1CI. The van der Waals surface area contributed by atoms with E-state index in [4.69, 9.17) is 5.73 Å². The van der Waals surface area contributed by atoms with Crippen molar-refractivity contribution in [3.05, 3.63) is 29.3 Å². The van der Waals surface area contributed by atoms with E-state index in [1.54, 1.807) is 0 Å². The topological polar surface area (TPSA) is 26.0 Å². The Balaban J connectivity index is 3.17. The third kappa shape index (κ3) is 1.42. The van der Waals surface area contributed by atoms with Crippen LogP contribution in [0, 0.1) is 6.92 Å². The molecule has 10 heavy (non-hydrogen) atoms. The molecule has 0 radical (unpaired) electrons. The Hall–Kier alpha value is -0.250. The van der Waals surface area contributed by atoms with Crippen LogP contribution in [0.25, 0.3) is 0 Å². The zero-order chi connectivity index (χ0) is 7.56. The fourth-order valence-electron chi connectivity index (χ4n) is 0.908. The molecule has 0 aromatic heterocycles. The highest BCUT2D eigenvalue weighted by Crippen LogP contribution is 2.18. The summed E-state index contributed by atoms with van der Waals surface area (Å²) in [7, 11) is 0. The Kier molecular flexibility index (Phi) is 2.54. The minimum atomic E-state index is 0.911. The maximum atomic E-state index is 5.73. The molecule has 0 atom stereocenters. The molecule has 1 nitrogen and oxygen atoms in total. The second kappa shape index (κ2) is 3.23. The van der Waals surface area contributed by atoms with Gasteiger partial charge in [0.2, 0.25) is 0 Å². The molecule has 0 aliphatic rings. The van der Waals surface area contributed by atoms with Crippen LogP contribution in [0.4, 0.5) is 5.69 Å². The highest BCUT2D eigenvalue weighted by atomic mass is 127. The molecule has 1 aromatic rings. The summed E-state index contributed by atoms with van der Waals surface area (Å²) < 4.78 is 0.996. The van der Waals surface area contributed by atoms with E-state index >= 15 is 0 Å². The summed E-state index contributed by atoms with van der Waals surface area (Å²) in [5.74, 6) is 0. The zero-order valence-corrected chi connectivity index (χ0v) is 8.05. The Bertz CT molecular complexity index is 212. The van der Waals surface area contributed by atoms with Crippen LogP contribution in [-0.2, 0) is 4.43 Å². The molecule has 0 aliphatic carbocycles. The fraction of sp³-hybridized carbons (Fsp3) is 0.250. The third-order valence-corrected chi connectivity index (χ3v) is 2.34. The van der Waals surface area contributed by atoms with Crippen molar-refractivity contribution in [3.63, 3.8) is 0 Å². The second-order valence-corrected chi connectivity index (χ2v) is 3.04. The number of aryl methyl sites for hydroxylation is 1. The van der Waals surface area contributed by atoms with Crippen LogP contribution in [0.3, 0.4) is 0 Å². The largest absolute Gasteiger partial charge is 0.398 e. The van der Waals surface area contributed by atoms with Crippen molar-refractivity contribution in [2.75, 3.05) is 5.73 Å². The smallest absolute Gasteiger partial charge is 0.0357 e. The van der Waals surface area contributed by atoms with Gasteiger partial charge in [0.1, 0.15) is 0 Å². The van der Waals surface area contributed by atoms with Gasteiger partial charge in [-0.3, -0.25) is 0 Å². The van der Waals surface area contributed by atoms with Gasteiger partial charge in [0.15, 0.2) is 0 Å². The molecule has 0 spiro atoms. The molecule has 2 N–H and O–H groups in total. The van der Waals surface area contributed by atoms with Crippen LogP contribution in [0.5, 0.6) is 0 Å². The molecule has 0 saturated heterocycles. The van der Waals surface area contributed by atoms with Crippen LogP contribution in [0.2, 0.25) is 0 Å². The number of benzene rings is 1. The quantitative estimate of drug-likeness (QED) is 0.460. The summed E-state index contributed by atoms with van der Waals surface area (Å²) in [5, 5.41) is 0.